The molecule has 0 amide bonds. The number of aliphatic hydroxyl groups is 1. The molecule has 0 radical (unpaired) electrons. The molecule has 0 aliphatic heterocycles. The molecule has 100 valence electrons. The summed E-state index contributed by atoms with van der Waals surface area (Å²) < 4.78 is 5.76. The van der Waals surface area contributed by atoms with Gasteiger partial charge in [-0.05, 0) is 61.3 Å². The molecule has 1 N–H and O–H groups in total. The smallest absolute Gasteiger partial charge is 0.119 e. The van der Waals surface area contributed by atoms with Crippen molar-refractivity contribution >= 4 is 0 Å². The first-order chi connectivity index (χ1) is 8.66. The number of hydrogen-bond donors (Lipinski definition) is 1. The topological polar surface area (TPSA) is 29.5 Å². The molecule has 1 atom stereocenters. The fraction of sp³-hybridized carbons (Fsp3) is 0.625. The van der Waals surface area contributed by atoms with Crippen LogP contribution in [0.5, 0.6) is 5.75 Å². The molecule has 1 aromatic carbocycles. The number of aryl methyl sites for hydroxylation is 1. The third-order valence-electron chi connectivity index (χ3n) is 3.59. The first kappa shape index (κ1) is 13.4. The lowest BCUT2D eigenvalue weighted by Gasteiger charge is -2.22. The molecule has 2 heteroatoms. The summed E-state index contributed by atoms with van der Waals surface area (Å²) in [7, 11) is 0. The number of benzene rings is 1. The maximum absolute atomic E-state index is 9.97. The standard InChI is InChI=1S/C16H24O2/c1-12(2)5-4-10-18-14-9-8-13-6-3-7-16(17)15(13)11-14/h8-9,11-12,16-17H,3-7,10H2,1-2H3/t16-/m1/s1. The van der Waals surface area contributed by atoms with Crippen LogP contribution in [0.2, 0.25) is 0 Å². The summed E-state index contributed by atoms with van der Waals surface area (Å²) >= 11 is 0. The normalized spacial score (nSPS) is 18.8. The van der Waals surface area contributed by atoms with Crippen LogP contribution in [0.4, 0.5) is 0 Å². The predicted octanol–water partition coefficient (Wildman–Crippen LogP) is 3.87. The van der Waals surface area contributed by atoms with Gasteiger partial charge in [0.25, 0.3) is 0 Å². The van der Waals surface area contributed by atoms with E-state index in [0.29, 0.717) is 0 Å². The molecule has 0 spiro atoms. The maximum atomic E-state index is 9.97. The van der Waals surface area contributed by atoms with E-state index >= 15 is 0 Å². The monoisotopic (exact) mass is 248 g/mol. The average Bonchev–Trinajstić information content (AvgIpc) is 2.35. The van der Waals surface area contributed by atoms with Gasteiger partial charge in [-0.1, -0.05) is 19.9 Å². The van der Waals surface area contributed by atoms with Gasteiger partial charge in [0, 0.05) is 0 Å². The van der Waals surface area contributed by atoms with Gasteiger partial charge in [0.2, 0.25) is 0 Å². The van der Waals surface area contributed by atoms with Crippen LogP contribution in [0.15, 0.2) is 18.2 Å². The van der Waals surface area contributed by atoms with Crippen LogP contribution in [0.3, 0.4) is 0 Å². The maximum Gasteiger partial charge on any atom is 0.119 e. The average molecular weight is 248 g/mol. The van der Waals surface area contributed by atoms with Gasteiger partial charge in [-0.2, -0.15) is 0 Å². The molecule has 0 unspecified atom stereocenters. The summed E-state index contributed by atoms with van der Waals surface area (Å²) in [5.74, 6) is 1.64. The van der Waals surface area contributed by atoms with Gasteiger partial charge in [-0.3, -0.25) is 0 Å². The number of fused-ring (bicyclic) bond motifs is 1. The van der Waals surface area contributed by atoms with Crippen molar-refractivity contribution in [3.05, 3.63) is 29.3 Å². The lowest BCUT2D eigenvalue weighted by Crippen LogP contribution is -2.09. The van der Waals surface area contributed by atoms with Crippen LogP contribution >= 0.6 is 0 Å². The molecule has 2 rings (SSSR count). The Kier molecular flexibility index (Phi) is 4.65. The second kappa shape index (κ2) is 6.24. The molecule has 1 aliphatic rings. The second-order valence-electron chi connectivity index (χ2n) is 5.65. The van der Waals surface area contributed by atoms with Gasteiger partial charge in [-0.15, -0.1) is 0 Å². The third kappa shape index (κ3) is 3.49. The number of aliphatic hydroxyl groups excluding tert-OH is 1. The summed E-state index contributed by atoms with van der Waals surface area (Å²) in [5, 5.41) is 9.97. The highest BCUT2D eigenvalue weighted by molar-refractivity contribution is 5.38. The van der Waals surface area contributed by atoms with Crippen LogP contribution in [0, 0.1) is 5.92 Å². The first-order valence-electron chi connectivity index (χ1n) is 7.10. The minimum absolute atomic E-state index is 0.298. The molecule has 0 saturated carbocycles. The highest BCUT2D eigenvalue weighted by atomic mass is 16.5. The molecule has 1 aliphatic carbocycles. The SMILES string of the molecule is CC(C)CCCOc1ccc2c(c1)[C@H](O)CCC2. The van der Waals surface area contributed by atoms with Crippen molar-refractivity contribution in [3.63, 3.8) is 0 Å². The molecule has 1 aromatic rings. The molecular formula is C16H24O2. The van der Waals surface area contributed by atoms with Gasteiger partial charge in [0.15, 0.2) is 0 Å². The van der Waals surface area contributed by atoms with E-state index in [0.717, 1.165) is 49.5 Å². The molecule has 2 nitrogen and oxygen atoms in total. The van der Waals surface area contributed by atoms with E-state index in [2.05, 4.69) is 19.9 Å². The number of ether oxygens (including phenoxy) is 1. The summed E-state index contributed by atoms with van der Waals surface area (Å²) in [4.78, 5) is 0. The fourth-order valence-electron chi connectivity index (χ4n) is 2.52. The van der Waals surface area contributed by atoms with Crippen LogP contribution in [0.25, 0.3) is 0 Å². The van der Waals surface area contributed by atoms with E-state index in [1.807, 2.05) is 12.1 Å². The van der Waals surface area contributed by atoms with E-state index < -0.39 is 0 Å². The van der Waals surface area contributed by atoms with Crippen molar-refractivity contribution in [2.24, 2.45) is 5.92 Å². The Bertz CT molecular complexity index is 385. The van der Waals surface area contributed by atoms with E-state index in [9.17, 15) is 5.11 Å². The molecule has 0 heterocycles. The summed E-state index contributed by atoms with van der Waals surface area (Å²) in [6.45, 7) is 5.23. The van der Waals surface area contributed by atoms with Crippen LogP contribution < -0.4 is 4.74 Å². The van der Waals surface area contributed by atoms with Crippen LogP contribution in [-0.2, 0) is 6.42 Å². The van der Waals surface area contributed by atoms with Crippen molar-refractivity contribution in [2.45, 2.75) is 52.1 Å². The van der Waals surface area contributed by atoms with Crippen molar-refractivity contribution in [2.75, 3.05) is 6.61 Å². The zero-order valence-electron chi connectivity index (χ0n) is 11.5. The third-order valence-corrected chi connectivity index (χ3v) is 3.59. The van der Waals surface area contributed by atoms with Gasteiger partial charge in [-0.25, -0.2) is 0 Å². The molecule has 0 aromatic heterocycles. The lowest BCUT2D eigenvalue weighted by molar-refractivity contribution is 0.156. The largest absolute Gasteiger partial charge is 0.494 e. The summed E-state index contributed by atoms with van der Waals surface area (Å²) in [5.41, 5.74) is 2.35. The van der Waals surface area contributed by atoms with E-state index in [4.69, 9.17) is 4.74 Å². The Balaban J connectivity index is 1.92. The van der Waals surface area contributed by atoms with Gasteiger partial charge in [0.1, 0.15) is 5.75 Å². The highest BCUT2D eigenvalue weighted by Crippen LogP contribution is 2.32. The molecular weight excluding hydrogens is 224 g/mol. The molecule has 0 bridgehead atoms. The Hall–Kier alpha value is -1.02. The zero-order chi connectivity index (χ0) is 13.0. The van der Waals surface area contributed by atoms with Crippen LogP contribution in [-0.4, -0.2) is 11.7 Å². The Labute approximate surface area is 110 Å². The first-order valence-corrected chi connectivity index (χ1v) is 7.10. The lowest BCUT2D eigenvalue weighted by atomic mass is 9.89. The number of hydrogen-bond acceptors (Lipinski definition) is 2. The Morgan fingerprint density at radius 3 is 3.00 bits per heavy atom. The highest BCUT2D eigenvalue weighted by Gasteiger charge is 2.18. The summed E-state index contributed by atoms with van der Waals surface area (Å²) in [6.07, 6.45) is 5.05. The molecule has 18 heavy (non-hydrogen) atoms. The van der Waals surface area contributed by atoms with Crippen molar-refractivity contribution in [1.29, 1.82) is 0 Å². The van der Waals surface area contributed by atoms with Gasteiger partial charge in [0.05, 0.1) is 12.7 Å². The van der Waals surface area contributed by atoms with E-state index in [1.54, 1.807) is 0 Å². The Morgan fingerprint density at radius 1 is 1.39 bits per heavy atom. The van der Waals surface area contributed by atoms with Gasteiger partial charge < -0.3 is 9.84 Å². The quantitative estimate of drug-likeness (QED) is 0.801. The minimum Gasteiger partial charge on any atom is -0.494 e. The minimum atomic E-state index is -0.298. The fourth-order valence-corrected chi connectivity index (χ4v) is 2.52. The van der Waals surface area contributed by atoms with Crippen LogP contribution in [0.1, 0.15) is 56.8 Å². The molecule has 0 saturated heterocycles. The van der Waals surface area contributed by atoms with Crippen molar-refractivity contribution in [3.8, 4) is 5.75 Å². The van der Waals surface area contributed by atoms with E-state index in [-0.39, 0.29) is 6.10 Å². The predicted molar refractivity (Wildman–Crippen MR) is 73.9 cm³/mol. The second-order valence-corrected chi connectivity index (χ2v) is 5.65. The molecule has 0 fully saturated rings. The Morgan fingerprint density at radius 2 is 2.22 bits per heavy atom. The van der Waals surface area contributed by atoms with Crippen molar-refractivity contribution in [1.82, 2.24) is 0 Å². The van der Waals surface area contributed by atoms with E-state index in [1.165, 1.54) is 12.0 Å². The number of rotatable bonds is 5. The van der Waals surface area contributed by atoms with Gasteiger partial charge >= 0.3 is 0 Å². The van der Waals surface area contributed by atoms with Crippen molar-refractivity contribution < 1.29 is 9.84 Å². The zero-order valence-corrected chi connectivity index (χ0v) is 11.5. The summed E-state index contributed by atoms with van der Waals surface area (Å²) in [6, 6.07) is 6.16.